The van der Waals surface area contributed by atoms with Gasteiger partial charge in [-0.05, 0) is 40.2 Å². The molecule has 31 heavy (non-hydrogen) atoms. The van der Waals surface area contributed by atoms with Crippen LogP contribution in [-0.2, 0) is 30.4 Å². The van der Waals surface area contributed by atoms with Gasteiger partial charge in [-0.3, -0.25) is 14.9 Å². The fourth-order valence-electron chi connectivity index (χ4n) is 2.92. The van der Waals surface area contributed by atoms with Crippen molar-refractivity contribution in [1.29, 1.82) is 0 Å². The number of carbonyl (C=O) groups is 3. The molecule has 2 rings (SSSR count). The number of hydrogen-bond acceptors (Lipinski definition) is 7. The van der Waals surface area contributed by atoms with Crippen LogP contribution in [0.1, 0.15) is 40.2 Å². The summed E-state index contributed by atoms with van der Waals surface area (Å²) in [7, 11) is 0. The van der Waals surface area contributed by atoms with Crippen LogP contribution >= 0.6 is 0 Å². The molecule has 1 aliphatic rings. The van der Waals surface area contributed by atoms with E-state index in [0.717, 1.165) is 5.56 Å². The van der Waals surface area contributed by atoms with E-state index in [-0.39, 0.29) is 25.0 Å². The normalized spacial score (nSPS) is 16.9. The van der Waals surface area contributed by atoms with Gasteiger partial charge in [0.05, 0.1) is 18.8 Å². The van der Waals surface area contributed by atoms with Crippen molar-refractivity contribution in [2.75, 3.05) is 19.8 Å². The molecule has 2 amide bonds. The molecule has 0 unspecified atom stereocenters. The van der Waals surface area contributed by atoms with E-state index >= 15 is 0 Å². The first-order valence-corrected chi connectivity index (χ1v) is 10.3. The lowest BCUT2D eigenvalue weighted by Crippen LogP contribution is -2.69. The van der Waals surface area contributed by atoms with Gasteiger partial charge in [0.2, 0.25) is 5.91 Å². The summed E-state index contributed by atoms with van der Waals surface area (Å²) in [6.07, 6.45) is -0.662. The second-order valence-electron chi connectivity index (χ2n) is 8.82. The van der Waals surface area contributed by atoms with Gasteiger partial charge < -0.3 is 24.8 Å². The topological polar surface area (TPSA) is 115 Å². The van der Waals surface area contributed by atoms with Gasteiger partial charge in [-0.15, -0.1) is 0 Å². The molecule has 1 saturated heterocycles. The van der Waals surface area contributed by atoms with Gasteiger partial charge in [-0.2, -0.15) is 0 Å². The van der Waals surface area contributed by atoms with Gasteiger partial charge in [0, 0.05) is 6.54 Å². The summed E-state index contributed by atoms with van der Waals surface area (Å²) in [5, 5.41) is 8.50. The maximum Gasteiger partial charge on any atom is 0.408 e. The van der Waals surface area contributed by atoms with Crippen molar-refractivity contribution >= 4 is 18.0 Å². The average Bonchev–Trinajstić information content (AvgIpc) is 2.66. The summed E-state index contributed by atoms with van der Waals surface area (Å²) >= 11 is 0. The molecule has 1 aliphatic heterocycles. The Morgan fingerprint density at radius 3 is 2.29 bits per heavy atom. The van der Waals surface area contributed by atoms with Crippen molar-refractivity contribution in [2.24, 2.45) is 0 Å². The first-order chi connectivity index (χ1) is 14.5. The molecule has 1 heterocycles. The molecule has 1 aromatic carbocycles. The SMILES string of the molecule is C[C@H](NC(=O)OC(C)(C)C)C(=O)NCC1(N[C@@H](C)C(=O)OCc2ccccc2)COC1. The first kappa shape index (κ1) is 24.6. The van der Waals surface area contributed by atoms with Crippen molar-refractivity contribution < 1.29 is 28.6 Å². The van der Waals surface area contributed by atoms with Crippen LogP contribution in [0, 0.1) is 0 Å². The van der Waals surface area contributed by atoms with Crippen LogP contribution in [-0.4, -0.2) is 61.0 Å². The highest BCUT2D eigenvalue weighted by Crippen LogP contribution is 2.17. The van der Waals surface area contributed by atoms with E-state index in [1.54, 1.807) is 34.6 Å². The Hall–Kier alpha value is -2.65. The predicted octanol–water partition coefficient (Wildman–Crippen LogP) is 1.51. The highest BCUT2D eigenvalue weighted by molar-refractivity contribution is 5.85. The number of carbonyl (C=O) groups excluding carboxylic acids is 3. The molecule has 1 aromatic rings. The maximum atomic E-state index is 12.4. The standard InChI is InChI=1S/C22H33N3O6/c1-15(24-20(28)31-21(3,4)5)18(26)23-12-22(13-29-14-22)25-16(2)19(27)30-11-17-9-7-6-8-10-17/h6-10,15-16,25H,11-14H2,1-5H3,(H,23,26)(H,24,28)/t15-,16-/m0/s1. The molecule has 1 fully saturated rings. The van der Waals surface area contributed by atoms with E-state index < -0.39 is 29.3 Å². The van der Waals surface area contributed by atoms with Crippen molar-refractivity contribution in [3.63, 3.8) is 0 Å². The molecule has 0 bridgehead atoms. The number of ether oxygens (including phenoxy) is 3. The quantitative estimate of drug-likeness (QED) is 0.504. The highest BCUT2D eigenvalue weighted by atomic mass is 16.6. The number of amides is 2. The predicted molar refractivity (Wildman–Crippen MR) is 114 cm³/mol. The van der Waals surface area contributed by atoms with Crippen LogP contribution in [0.4, 0.5) is 4.79 Å². The molecule has 0 saturated carbocycles. The number of esters is 1. The zero-order valence-corrected chi connectivity index (χ0v) is 18.8. The molecule has 9 heteroatoms. The van der Waals surface area contributed by atoms with Crippen molar-refractivity contribution in [2.45, 2.75) is 64.4 Å². The van der Waals surface area contributed by atoms with Crippen LogP contribution in [0.3, 0.4) is 0 Å². The van der Waals surface area contributed by atoms with E-state index in [9.17, 15) is 14.4 Å². The second-order valence-corrected chi connectivity index (χ2v) is 8.82. The van der Waals surface area contributed by atoms with E-state index in [4.69, 9.17) is 14.2 Å². The zero-order valence-electron chi connectivity index (χ0n) is 18.8. The van der Waals surface area contributed by atoms with Gasteiger partial charge in [-0.25, -0.2) is 4.79 Å². The summed E-state index contributed by atoms with van der Waals surface area (Å²) in [6, 6.07) is 8.07. The third-order valence-electron chi connectivity index (χ3n) is 4.58. The smallest absolute Gasteiger partial charge is 0.408 e. The second kappa shape index (κ2) is 10.6. The minimum Gasteiger partial charge on any atom is -0.460 e. The number of rotatable bonds is 9. The Balaban J connectivity index is 1.79. The van der Waals surface area contributed by atoms with Gasteiger partial charge in [0.1, 0.15) is 24.3 Å². The maximum absolute atomic E-state index is 12.4. The molecule has 0 radical (unpaired) electrons. The van der Waals surface area contributed by atoms with Gasteiger partial charge in [0.25, 0.3) is 0 Å². The summed E-state index contributed by atoms with van der Waals surface area (Å²) < 4.78 is 15.8. The number of nitrogens with one attached hydrogen (secondary N) is 3. The summed E-state index contributed by atoms with van der Waals surface area (Å²) in [4.78, 5) is 36.5. The number of benzene rings is 1. The minimum absolute atomic E-state index is 0.194. The molecular formula is C22H33N3O6. The van der Waals surface area contributed by atoms with E-state index in [1.807, 2.05) is 30.3 Å². The molecule has 0 aromatic heterocycles. The Morgan fingerprint density at radius 1 is 1.10 bits per heavy atom. The Labute approximate surface area is 183 Å². The molecule has 9 nitrogen and oxygen atoms in total. The van der Waals surface area contributed by atoms with E-state index in [1.165, 1.54) is 0 Å². The molecule has 172 valence electrons. The lowest BCUT2D eigenvalue weighted by molar-refractivity contribution is -0.150. The average molecular weight is 436 g/mol. The summed E-state index contributed by atoms with van der Waals surface area (Å²) in [5.41, 5.74) is -0.321. The Bertz CT molecular complexity index is 758. The molecule has 2 atom stereocenters. The number of alkyl carbamates (subject to hydrolysis) is 1. The number of hydrogen-bond donors (Lipinski definition) is 3. The third kappa shape index (κ3) is 8.18. The van der Waals surface area contributed by atoms with Crippen molar-refractivity contribution in [3.8, 4) is 0 Å². The van der Waals surface area contributed by atoms with Crippen LogP contribution in [0.25, 0.3) is 0 Å². The van der Waals surface area contributed by atoms with Gasteiger partial charge in [0.15, 0.2) is 0 Å². The summed E-state index contributed by atoms with van der Waals surface area (Å²) in [6.45, 7) is 9.64. The Morgan fingerprint density at radius 2 is 1.74 bits per heavy atom. The third-order valence-corrected chi connectivity index (χ3v) is 4.58. The lowest BCUT2D eigenvalue weighted by atomic mass is 9.96. The van der Waals surface area contributed by atoms with Gasteiger partial charge >= 0.3 is 12.1 Å². The van der Waals surface area contributed by atoms with Gasteiger partial charge in [-0.1, -0.05) is 30.3 Å². The lowest BCUT2D eigenvalue weighted by Gasteiger charge is -2.43. The zero-order chi connectivity index (χ0) is 23.1. The van der Waals surface area contributed by atoms with Crippen LogP contribution in [0.5, 0.6) is 0 Å². The first-order valence-electron chi connectivity index (χ1n) is 10.3. The van der Waals surface area contributed by atoms with Crippen molar-refractivity contribution in [3.05, 3.63) is 35.9 Å². The fraction of sp³-hybridized carbons (Fsp3) is 0.591. The fourth-order valence-corrected chi connectivity index (χ4v) is 2.92. The Kier molecular flexibility index (Phi) is 8.41. The van der Waals surface area contributed by atoms with E-state index in [2.05, 4.69) is 16.0 Å². The molecule has 0 spiro atoms. The monoisotopic (exact) mass is 435 g/mol. The van der Waals surface area contributed by atoms with Crippen molar-refractivity contribution in [1.82, 2.24) is 16.0 Å². The van der Waals surface area contributed by atoms with Crippen LogP contribution in [0.2, 0.25) is 0 Å². The largest absolute Gasteiger partial charge is 0.460 e. The highest BCUT2D eigenvalue weighted by Gasteiger charge is 2.41. The molecule has 3 N–H and O–H groups in total. The van der Waals surface area contributed by atoms with E-state index in [0.29, 0.717) is 13.2 Å². The molecule has 0 aliphatic carbocycles. The van der Waals surface area contributed by atoms with Crippen LogP contribution < -0.4 is 16.0 Å². The molecular weight excluding hydrogens is 402 g/mol. The van der Waals surface area contributed by atoms with Crippen LogP contribution in [0.15, 0.2) is 30.3 Å². The minimum atomic E-state index is -0.777. The summed E-state index contributed by atoms with van der Waals surface area (Å²) in [5.74, 6) is -0.750.